The molecule has 0 unspecified atom stereocenters. The fourth-order valence-electron chi connectivity index (χ4n) is 2.73. The Balaban J connectivity index is 1.67. The fraction of sp³-hybridized carbons (Fsp3) is 0.143. The van der Waals surface area contributed by atoms with Crippen molar-refractivity contribution in [3.05, 3.63) is 81.1 Å². The van der Waals surface area contributed by atoms with Crippen molar-refractivity contribution in [2.45, 2.75) is 20.8 Å². The van der Waals surface area contributed by atoms with Crippen LogP contribution >= 0.6 is 12.2 Å². The predicted molar refractivity (Wildman–Crippen MR) is 115 cm³/mol. The molecule has 0 saturated carbocycles. The molecule has 8 heteroatoms. The second-order valence-electron chi connectivity index (χ2n) is 6.63. The maximum absolute atomic E-state index is 12.4. The summed E-state index contributed by atoms with van der Waals surface area (Å²) in [6, 6.07) is 13.6. The van der Waals surface area contributed by atoms with Gasteiger partial charge < -0.3 is 9.73 Å². The molecule has 2 aromatic carbocycles. The van der Waals surface area contributed by atoms with Crippen LogP contribution in [0.1, 0.15) is 27.2 Å². The molecule has 1 amide bonds. The molecule has 3 aromatic rings. The van der Waals surface area contributed by atoms with Crippen molar-refractivity contribution in [2.75, 3.05) is 5.32 Å². The highest BCUT2D eigenvalue weighted by atomic mass is 32.1. The zero-order valence-electron chi connectivity index (χ0n) is 16.1. The van der Waals surface area contributed by atoms with Gasteiger partial charge in [0.15, 0.2) is 10.9 Å². The van der Waals surface area contributed by atoms with E-state index in [0.717, 1.165) is 11.1 Å². The molecule has 0 atom stereocenters. The van der Waals surface area contributed by atoms with Gasteiger partial charge in [-0.2, -0.15) is 0 Å². The first kappa shape index (κ1) is 20.2. The Morgan fingerprint density at radius 2 is 1.76 bits per heavy atom. The molecule has 0 bridgehead atoms. The van der Waals surface area contributed by atoms with Gasteiger partial charge in [0, 0.05) is 23.4 Å². The maximum Gasteiger partial charge on any atom is 0.293 e. The third kappa shape index (κ3) is 4.67. The minimum absolute atomic E-state index is 0.0162. The number of nitro benzene ring substituents is 1. The number of non-ortho nitro benzene ring substituents is 1. The summed E-state index contributed by atoms with van der Waals surface area (Å²) in [5, 5.41) is 16.3. The van der Waals surface area contributed by atoms with Crippen molar-refractivity contribution in [1.82, 2.24) is 5.32 Å². The van der Waals surface area contributed by atoms with Gasteiger partial charge in [0.25, 0.3) is 11.6 Å². The topological polar surface area (TPSA) is 97.4 Å². The molecule has 1 heterocycles. The van der Waals surface area contributed by atoms with E-state index in [1.165, 1.54) is 23.8 Å². The first-order valence-corrected chi connectivity index (χ1v) is 9.20. The number of nitrogens with one attached hydrogen (secondary N) is 2. The fourth-order valence-corrected chi connectivity index (χ4v) is 2.93. The van der Waals surface area contributed by atoms with Gasteiger partial charge in [-0.15, -0.1) is 0 Å². The van der Waals surface area contributed by atoms with Gasteiger partial charge in [-0.3, -0.25) is 20.2 Å². The quantitative estimate of drug-likeness (QED) is 0.361. The maximum atomic E-state index is 12.4. The van der Waals surface area contributed by atoms with Crippen molar-refractivity contribution in [3.63, 3.8) is 0 Å². The lowest BCUT2D eigenvalue weighted by molar-refractivity contribution is -0.384. The number of benzene rings is 2. The van der Waals surface area contributed by atoms with Crippen molar-refractivity contribution >= 4 is 34.6 Å². The predicted octanol–water partition coefficient (Wildman–Crippen LogP) is 4.91. The number of aryl methyl sites for hydroxylation is 3. The molecule has 0 saturated heterocycles. The SMILES string of the molecule is Cc1ccc(-c2ccc(C(=O)NC(=S)Nc3ccc([N+](=O)[O-])cc3C)o2)cc1C. The number of anilines is 1. The summed E-state index contributed by atoms with van der Waals surface area (Å²) >= 11 is 5.17. The molecule has 7 nitrogen and oxygen atoms in total. The Hall–Kier alpha value is -3.52. The lowest BCUT2D eigenvalue weighted by Crippen LogP contribution is -2.34. The van der Waals surface area contributed by atoms with Crippen molar-refractivity contribution < 1.29 is 14.1 Å². The van der Waals surface area contributed by atoms with Crippen molar-refractivity contribution in [2.24, 2.45) is 0 Å². The van der Waals surface area contributed by atoms with E-state index < -0.39 is 10.8 Å². The highest BCUT2D eigenvalue weighted by molar-refractivity contribution is 7.80. The van der Waals surface area contributed by atoms with Gasteiger partial charge in [0.1, 0.15) is 5.76 Å². The highest BCUT2D eigenvalue weighted by Gasteiger charge is 2.15. The largest absolute Gasteiger partial charge is 0.451 e. The van der Waals surface area contributed by atoms with Crippen LogP contribution < -0.4 is 10.6 Å². The average Bonchev–Trinajstić information content (AvgIpc) is 3.15. The minimum Gasteiger partial charge on any atom is -0.451 e. The Morgan fingerprint density at radius 1 is 1.00 bits per heavy atom. The van der Waals surface area contributed by atoms with E-state index in [1.807, 2.05) is 32.0 Å². The number of amides is 1. The molecule has 0 spiro atoms. The number of hydrogen-bond acceptors (Lipinski definition) is 5. The molecule has 0 aliphatic rings. The molecule has 3 rings (SSSR count). The Kier molecular flexibility index (Phi) is 5.74. The van der Waals surface area contributed by atoms with Crippen LogP contribution in [0, 0.1) is 30.9 Å². The summed E-state index contributed by atoms with van der Waals surface area (Å²) in [5.74, 6) is 0.225. The number of rotatable bonds is 4. The van der Waals surface area contributed by atoms with E-state index in [0.29, 0.717) is 17.0 Å². The third-order valence-electron chi connectivity index (χ3n) is 4.52. The summed E-state index contributed by atoms with van der Waals surface area (Å²) in [5.41, 5.74) is 4.37. The molecule has 0 aliphatic heterocycles. The number of nitro groups is 1. The van der Waals surface area contributed by atoms with E-state index >= 15 is 0 Å². The third-order valence-corrected chi connectivity index (χ3v) is 4.72. The molecule has 29 heavy (non-hydrogen) atoms. The molecule has 1 aromatic heterocycles. The van der Waals surface area contributed by atoms with Crippen molar-refractivity contribution in [3.8, 4) is 11.3 Å². The van der Waals surface area contributed by atoms with E-state index in [2.05, 4.69) is 10.6 Å². The molecule has 0 aliphatic carbocycles. The Morgan fingerprint density at radius 3 is 2.41 bits per heavy atom. The van der Waals surface area contributed by atoms with Gasteiger partial charge >= 0.3 is 0 Å². The number of thiocarbonyl (C=S) groups is 1. The standard InChI is InChI=1S/C21H19N3O4S/c1-12-4-5-15(10-13(12)2)18-8-9-19(28-18)20(25)23-21(29)22-17-7-6-16(24(26)27)11-14(17)3/h4-11H,1-3H3,(H2,22,23,25,29). The summed E-state index contributed by atoms with van der Waals surface area (Å²) in [6.45, 7) is 5.75. The van der Waals surface area contributed by atoms with Gasteiger partial charge in [-0.1, -0.05) is 12.1 Å². The number of carbonyl (C=O) groups is 1. The molecule has 2 N–H and O–H groups in total. The van der Waals surface area contributed by atoms with Crippen molar-refractivity contribution in [1.29, 1.82) is 0 Å². The van der Waals surface area contributed by atoms with Crippen LogP contribution in [0.4, 0.5) is 11.4 Å². The van der Waals surface area contributed by atoms with Gasteiger partial charge in [-0.25, -0.2) is 0 Å². The number of furan rings is 1. The first-order chi connectivity index (χ1) is 13.7. The van der Waals surface area contributed by atoms with E-state index in [4.69, 9.17) is 16.6 Å². The van der Waals surface area contributed by atoms with E-state index in [1.54, 1.807) is 19.1 Å². The van der Waals surface area contributed by atoms with Crippen LogP contribution in [0.5, 0.6) is 0 Å². The Labute approximate surface area is 172 Å². The second-order valence-corrected chi connectivity index (χ2v) is 7.04. The van der Waals surface area contributed by atoms with Gasteiger partial charge in [0.05, 0.1) is 4.92 Å². The lowest BCUT2D eigenvalue weighted by Gasteiger charge is -2.10. The second kappa shape index (κ2) is 8.24. The number of hydrogen-bond donors (Lipinski definition) is 2. The highest BCUT2D eigenvalue weighted by Crippen LogP contribution is 2.25. The van der Waals surface area contributed by atoms with E-state index in [9.17, 15) is 14.9 Å². The van der Waals surface area contributed by atoms with Gasteiger partial charge in [0.2, 0.25) is 0 Å². The summed E-state index contributed by atoms with van der Waals surface area (Å²) in [7, 11) is 0. The first-order valence-electron chi connectivity index (χ1n) is 8.79. The van der Waals surface area contributed by atoms with Crippen LogP contribution in [0.2, 0.25) is 0 Å². The van der Waals surface area contributed by atoms with Crippen LogP contribution in [-0.2, 0) is 0 Å². The molecule has 0 fully saturated rings. The van der Waals surface area contributed by atoms with E-state index in [-0.39, 0.29) is 16.6 Å². The summed E-state index contributed by atoms with van der Waals surface area (Å²) in [6.07, 6.45) is 0. The lowest BCUT2D eigenvalue weighted by atomic mass is 10.1. The number of nitrogens with zero attached hydrogens (tertiary/aromatic N) is 1. The zero-order valence-corrected chi connectivity index (χ0v) is 16.9. The number of carbonyl (C=O) groups excluding carboxylic acids is 1. The summed E-state index contributed by atoms with van der Waals surface area (Å²) in [4.78, 5) is 22.8. The molecular weight excluding hydrogens is 390 g/mol. The molecule has 148 valence electrons. The molecular formula is C21H19N3O4S. The van der Waals surface area contributed by atoms with Crippen LogP contribution in [0.15, 0.2) is 52.9 Å². The minimum atomic E-state index is -0.489. The smallest absolute Gasteiger partial charge is 0.293 e. The average molecular weight is 409 g/mol. The van der Waals surface area contributed by atoms with Crippen LogP contribution in [0.25, 0.3) is 11.3 Å². The summed E-state index contributed by atoms with van der Waals surface area (Å²) < 4.78 is 5.67. The van der Waals surface area contributed by atoms with Crippen LogP contribution in [-0.4, -0.2) is 15.9 Å². The monoisotopic (exact) mass is 409 g/mol. The van der Waals surface area contributed by atoms with Gasteiger partial charge in [-0.05, 0) is 73.9 Å². The zero-order chi connectivity index (χ0) is 21.1. The molecule has 0 radical (unpaired) electrons. The normalized spacial score (nSPS) is 10.4. The van der Waals surface area contributed by atoms with Crippen LogP contribution in [0.3, 0.4) is 0 Å². The Bertz CT molecular complexity index is 1120.